The number of carbonyl (C=O) groups is 2. The van der Waals surface area contributed by atoms with Crippen molar-refractivity contribution in [3.63, 3.8) is 0 Å². The molecule has 136 valence electrons. The van der Waals surface area contributed by atoms with Crippen molar-refractivity contribution in [1.82, 2.24) is 5.32 Å². The normalized spacial score (nSPS) is 12.4. The van der Waals surface area contributed by atoms with Crippen molar-refractivity contribution in [1.29, 1.82) is 0 Å². The number of esters is 1. The molecular formula is C20H27NO4. The fourth-order valence-electron chi connectivity index (χ4n) is 2.65. The minimum atomic E-state index is -0.437. The van der Waals surface area contributed by atoms with Crippen molar-refractivity contribution >= 4 is 22.8 Å². The van der Waals surface area contributed by atoms with Gasteiger partial charge in [-0.05, 0) is 44.2 Å². The topological polar surface area (TPSA) is 68.5 Å². The predicted molar refractivity (Wildman–Crippen MR) is 97.3 cm³/mol. The molecule has 1 heterocycles. The van der Waals surface area contributed by atoms with E-state index in [-0.39, 0.29) is 25.0 Å². The second-order valence-electron chi connectivity index (χ2n) is 7.04. The second kappa shape index (κ2) is 8.70. The van der Waals surface area contributed by atoms with Crippen LogP contribution in [0.15, 0.2) is 28.9 Å². The highest BCUT2D eigenvalue weighted by molar-refractivity contribution is 5.87. The summed E-state index contributed by atoms with van der Waals surface area (Å²) in [6, 6.07) is 5.91. The quantitative estimate of drug-likeness (QED) is 0.740. The van der Waals surface area contributed by atoms with Gasteiger partial charge < -0.3 is 14.5 Å². The van der Waals surface area contributed by atoms with Crippen LogP contribution in [-0.2, 0) is 20.7 Å². The van der Waals surface area contributed by atoms with Gasteiger partial charge in [-0.3, -0.25) is 9.59 Å². The van der Waals surface area contributed by atoms with E-state index in [2.05, 4.69) is 19.2 Å². The molecule has 0 aliphatic carbocycles. The summed E-state index contributed by atoms with van der Waals surface area (Å²) >= 11 is 0. The summed E-state index contributed by atoms with van der Waals surface area (Å²) in [5.41, 5.74) is 2.62. The first kappa shape index (κ1) is 19.0. The molecule has 2 aromatic rings. The number of furan rings is 1. The Balaban J connectivity index is 1.79. The zero-order valence-corrected chi connectivity index (χ0v) is 15.4. The lowest BCUT2D eigenvalue weighted by atomic mass is 10.0. The van der Waals surface area contributed by atoms with Gasteiger partial charge in [0.05, 0.1) is 12.7 Å². The number of amides is 1. The minimum absolute atomic E-state index is 0.0784. The van der Waals surface area contributed by atoms with Crippen molar-refractivity contribution in [3.05, 3.63) is 35.6 Å². The number of rotatable bonds is 8. The number of nitrogens with one attached hydrogen (secondary N) is 1. The summed E-state index contributed by atoms with van der Waals surface area (Å²) in [6.07, 6.45) is 3.62. The lowest BCUT2D eigenvalue weighted by Crippen LogP contribution is -2.36. The molecule has 5 nitrogen and oxygen atoms in total. The average molecular weight is 345 g/mol. The Morgan fingerprint density at radius 2 is 1.96 bits per heavy atom. The third-order valence-corrected chi connectivity index (χ3v) is 4.09. The first-order valence-electron chi connectivity index (χ1n) is 8.77. The third-order valence-electron chi connectivity index (χ3n) is 4.09. The molecule has 0 radical (unpaired) electrons. The van der Waals surface area contributed by atoms with Crippen molar-refractivity contribution in [2.75, 3.05) is 6.61 Å². The van der Waals surface area contributed by atoms with Gasteiger partial charge >= 0.3 is 5.97 Å². The summed E-state index contributed by atoms with van der Waals surface area (Å²) < 4.78 is 10.6. The van der Waals surface area contributed by atoms with Crippen LogP contribution in [-0.4, -0.2) is 24.5 Å². The van der Waals surface area contributed by atoms with E-state index in [4.69, 9.17) is 9.15 Å². The van der Waals surface area contributed by atoms with Gasteiger partial charge in [0, 0.05) is 17.0 Å². The number of ether oxygens (including phenoxy) is 1. The summed E-state index contributed by atoms with van der Waals surface area (Å²) in [6.45, 7) is 7.99. The van der Waals surface area contributed by atoms with E-state index >= 15 is 0 Å². The first-order valence-corrected chi connectivity index (χ1v) is 8.77. The number of carbonyl (C=O) groups excluding carboxylic acids is 2. The number of aryl methyl sites for hydroxylation is 1. The zero-order chi connectivity index (χ0) is 18.4. The van der Waals surface area contributed by atoms with E-state index in [0.717, 1.165) is 34.9 Å². The van der Waals surface area contributed by atoms with Gasteiger partial charge in [-0.2, -0.15) is 0 Å². The predicted octanol–water partition coefficient (Wildman–Crippen LogP) is 3.77. The van der Waals surface area contributed by atoms with E-state index in [1.807, 2.05) is 32.0 Å². The highest BCUT2D eigenvalue weighted by Gasteiger charge is 2.14. The van der Waals surface area contributed by atoms with Crippen molar-refractivity contribution in [3.8, 4) is 0 Å². The minimum Gasteiger partial charge on any atom is -0.464 e. The van der Waals surface area contributed by atoms with Crippen LogP contribution in [0.4, 0.5) is 0 Å². The lowest BCUT2D eigenvalue weighted by Gasteiger charge is -2.15. The SMILES string of the molecule is Cc1ccc2c(CC(=O)OCC(=O)N[C@@H](C)CCC(C)C)coc2c1. The Morgan fingerprint density at radius 3 is 2.68 bits per heavy atom. The second-order valence-corrected chi connectivity index (χ2v) is 7.04. The van der Waals surface area contributed by atoms with Gasteiger partial charge in [0.25, 0.3) is 5.91 Å². The van der Waals surface area contributed by atoms with E-state index in [1.165, 1.54) is 0 Å². The largest absolute Gasteiger partial charge is 0.464 e. The molecule has 0 aliphatic rings. The van der Waals surface area contributed by atoms with Gasteiger partial charge in [0.2, 0.25) is 0 Å². The molecule has 1 aromatic carbocycles. The van der Waals surface area contributed by atoms with E-state index in [0.29, 0.717) is 5.92 Å². The van der Waals surface area contributed by atoms with Gasteiger partial charge in [-0.1, -0.05) is 26.0 Å². The van der Waals surface area contributed by atoms with E-state index < -0.39 is 5.97 Å². The maximum atomic E-state index is 12.0. The smallest absolute Gasteiger partial charge is 0.310 e. The Hall–Kier alpha value is -2.30. The van der Waals surface area contributed by atoms with Crippen LogP contribution in [0.5, 0.6) is 0 Å². The number of benzene rings is 1. The van der Waals surface area contributed by atoms with Crippen LogP contribution in [0.3, 0.4) is 0 Å². The lowest BCUT2D eigenvalue weighted by molar-refractivity contribution is -0.148. The number of fused-ring (bicyclic) bond motifs is 1. The summed E-state index contributed by atoms with van der Waals surface area (Å²) in [5.74, 6) is -0.101. The molecule has 25 heavy (non-hydrogen) atoms. The molecule has 1 N–H and O–H groups in total. The number of hydrogen-bond acceptors (Lipinski definition) is 4. The monoisotopic (exact) mass is 345 g/mol. The Bertz CT molecular complexity index is 732. The molecule has 1 aromatic heterocycles. The van der Waals surface area contributed by atoms with Gasteiger partial charge in [-0.15, -0.1) is 0 Å². The summed E-state index contributed by atoms with van der Waals surface area (Å²) in [4.78, 5) is 23.8. The molecule has 0 fully saturated rings. The van der Waals surface area contributed by atoms with Crippen LogP contribution >= 0.6 is 0 Å². The van der Waals surface area contributed by atoms with Crippen molar-refractivity contribution in [2.24, 2.45) is 5.92 Å². The van der Waals surface area contributed by atoms with Crippen LogP contribution in [0.25, 0.3) is 11.0 Å². The highest BCUT2D eigenvalue weighted by atomic mass is 16.5. The number of hydrogen-bond donors (Lipinski definition) is 1. The molecular weight excluding hydrogens is 318 g/mol. The van der Waals surface area contributed by atoms with Crippen LogP contribution in [0, 0.1) is 12.8 Å². The van der Waals surface area contributed by atoms with Crippen molar-refractivity contribution in [2.45, 2.75) is 53.0 Å². The molecule has 5 heteroatoms. The zero-order valence-electron chi connectivity index (χ0n) is 15.4. The molecule has 1 atom stereocenters. The van der Waals surface area contributed by atoms with Crippen molar-refractivity contribution < 1.29 is 18.7 Å². The van der Waals surface area contributed by atoms with E-state index in [9.17, 15) is 9.59 Å². The van der Waals surface area contributed by atoms with E-state index in [1.54, 1.807) is 6.26 Å². The highest BCUT2D eigenvalue weighted by Crippen LogP contribution is 2.22. The van der Waals surface area contributed by atoms with Crippen LogP contribution in [0.1, 0.15) is 44.7 Å². The van der Waals surface area contributed by atoms with Gasteiger partial charge in [-0.25, -0.2) is 0 Å². The standard InChI is InChI=1S/C20H27NO4/c1-13(2)5-7-15(4)21-19(22)12-25-20(23)10-16-11-24-18-9-14(3)6-8-17(16)18/h6,8-9,11,13,15H,5,7,10,12H2,1-4H3,(H,21,22)/t15-/m0/s1. The summed E-state index contributed by atoms with van der Waals surface area (Å²) in [7, 11) is 0. The Labute approximate surface area is 148 Å². The fraction of sp³-hybridized carbons (Fsp3) is 0.500. The molecule has 0 unspecified atom stereocenters. The molecule has 0 saturated carbocycles. The molecule has 0 bridgehead atoms. The molecule has 0 aliphatic heterocycles. The van der Waals surface area contributed by atoms with Gasteiger partial charge in [0.15, 0.2) is 6.61 Å². The fourth-order valence-corrected chi connectivity index (χ4v) is 2.65. The molecule has 1 amide bonds. The van der Waals surface area contributed by atoms with Crippen LogP contribution < -0.4 is 5.32 Å². The molecule has 0 spiro atoms. The Kier molecular flexibility index (Phi) is 6.62. The average Bonchev–Trinajstić information content (AvgIpc) is 2.93. The van der Waals surface area contributed by atoms with Crippen LogP contribution in [0.2, 0.25) is 0 Å². The third kappa shape index (κ3) is 5.93. The molecule has 0 saturated heterocycles. The maximum absolute atomic E-state index is 12.0. The summed E-state index contributed by atoms with van der Waals surface area (Å²) in [5, 5.41) is 3.75. The first-order chi connectivity index (χ1) is 11.8. The maximum Gasteiger partial charge on any atom is 0.310 e. The molecule has 2 rings (SSSR count). The van der Waals surface area contributed by atoms with Gasteiger partial charge in [0.1, 0.15) is 5.58 Å². The Morgan fingerprint density at radius 1 is 1.20 bits per heavy atom.